The fraction of sp³-hybridized carbons (Fsp3) is 0.286. The zero-order chi connectivity index (χ0) is 20.1. The van der Waals surface area contributed by atoms with E-state index >= 15 is 0 Å². The molecule has 0 aliphatic rings. The number of aryl methyl sites for hydroxylation is 3. The Labute approximate surface area is 169 Å². The summed E-state index contributed by atoms with van der Waals surface area (Å²) < 4.78 is 7.64. The number of anilines is 1. The Kier molecular flexibility index (Phi) is 6.36. The van der Waals surface area contributed by atoms with Gasteiger partial charge >= 0.3 is 0 Å². The van der Waals surface area contributed by atoms with Crippen LogP contribution >= 0.6 is 11.8 Å². The third kappa shape index (κ3) is 4.92. The van der Waals surface area contributed by atoms with Crippen LogP contribution in [0.25, 0.3) is 0 Å². The molecule has 0 bridgehead atoms. The lowest BCUT2D eigenvalue weighted by Gasteiger charge is -2.11. The molecule has 1 N–H and O–H groups in total. The van der Waals surface area contributed by atoms with E-state index < -0.39 is 0 Å². The number of para-hydroxylation sites is 1. The Morgan fingerprint density at radius 2 is 1.82 bits per heavy atom. The highest BCUT2D eigenvalue weighted by molar-refractivity contribution is 7.99. The highest BCUT2D eigenvalue weighted by Crippen LogP contribution is 2.21. The summed E-state index contributed by atoms with van der Waals surface area (Å²) in [6.45, 7) is 6.31. The summed E-state index contributed by atoms with van der Waals surface area (Å²) in [7, 11) is 1.88. The summed E-state index contributed by atoms with van der Waals surface area (Å²) in [6.07, 6.45) is 0. The minimum atomic E-state index is -0.0667. The molecule has 0 fully saturated rings. The van der Waals surface area contributed by atoms with Gasteiger partial charge in [0.25, 0.3) is 0 Å². The summed E-state index contributed by atoms with van der Waals surface area (Å²) in [4.78, 5) is 12.3. The SMILES string of the molecule is Cc1cccc(OCc2nnc(SCC(=O)Nc3c(C)cccc3C)n2C)c1. The van der Waals surface area contributed by atoms with Crippen LogP contribution in [0, 0.1) is 20.8 Å². The molecule has 0 unspecified atom stereocenters. The first-order chi connectivity index (χ1) is 13.4. The number of hydrogen-bond acceptors (Lipinski definition) is 5. The van der Waals surface area contributed by atoms with Gasteiger partial charge in [-0.05, 0) is 49.6 Å². The van der Waals surface area contributed by atoms with E-state index in [4.69, 9.17) is 4.74 Å². The van der Waals surface area contributed by atoms with Crippen molar-refractivity contribution in [1.82, 2.24) is 14.8 Å². The Bertz CT molecular complexity index is 964. The zero-order valence-corrected chi connectivity index (χ0v) is 17.3. The summed E-state index contributed by atoms with van der Waals surface area (Å²) in [6, 6.07) is 13.8. The smallest absolute Gasteiger partial charge is 0.234 e. The molecule has 1 aromatic heterocycles. The van der Waals surface area contributed by atoms with E-state index in [0.717, 1.165) is 28.1 Å². The van der Waals surface area contributed by atoms with Crippen LogP contribution in [0.1, 0.15) is 22.5 Å². The van der Waals surface area contributed by atoms with Crippen LogP contribution in [0.2, 0.25) is 0 Å². The second kappa shape index (κ2) is 8.93. The van der Waals surface area contributed by atoms with Gasteiger partial charge in [0, 0.05) is 12.7 Å². The van der Waals surface area contributed by atoms with Crippen molar-refractivity contribution < 1.29 is 9.53 Å². The molecule has 3 aromatic rings. The second-order valence-corrected chi connectivity index (χ2v) is 7.61. The van der Waals surface area contributed by atoms with Gasteiger partial charge in [-0.1, -0.05) is 42.1 Å². The monoisotopic (exact) mass is 396 g/mol. The molecule has 3 rings (SSSR count). The summed E-state index contributed by atoms with van der Waals surface area (Å²) in [5.41, 5.74) is 4.11. The van der Waals surface area contributed by atoms with Gasteiger partial charge in [0.05, 0.1) is 5.75 Å². The van der Waals surface area contributed by atoms with Crippen molar-refractivity contribution in [2.45, 2.75) is 32.5 Å². The Morgan fingerprint density at radius 3 is 2.54 bits per heavy atom. The minimum absolute atomic E-state index is 0.0667. The van der Waals surface area contributed by atoms with Gasteiger partial charge in [-0.25, -0.2) is 0 Å². The number of rotatable bonds is 7. The molecule has 1 amide bonds. The van der Waals surface area contributed by atoms with Crippen molar-refractivity contribution >= 4 is 23.4 Å². The van der Waals surface area contributed by atoms with Crippen LogP contribution in [-0.2, 0) is 18.4 Å². The molecular weight excluding hydrogens is 372 g/mol. The van der Waals surface area contributed by atoms with Crippen molar-refractivity contribution in [2.75, 3.05) is 11.1 Å². The van der Waals surface area contributed by atoms with Crippen LogP contribution in [-0.4, -0.2) is 26.4 Å². The molecule has 0 saturated carbocycles. The average Bonchev–Trinajstić information content (AvgIpc) is 3.01. The number of hydrogen-bond donors (Lipinski definition) is 1. The average molecular weight is 397 g/mol. The van der Waals surface area contributed by atoms with Gasteiger partial charge in [-0.2, -0.15) is 0 Å². The van der Waals surface area contributed by atoms with Gasteiger partial charge in [0.1, 0.15) is 12.4 Å². The van der Waals surface area contributed by atoms with Crippen LogP contribution in [0.5, 0.6) is 5.75 Å². The maximum atomic E-state index is 12.3. The van der Waals surface area contributed by atoms with Crippen molar-refractivity contribution in [3.63, 3.8) is 0 Å². The molecule has 2 aromatic carbocycles. The van der Waals surface area contributed by atoms with Gasteiger partial charge in [-0.15, -0.1) is 10.2 Å². The maximum absolute atomic E-state index is 12.3. The fourth-order valence-corrected chi connectivity index (χ4v) is 3.50. The van der Waals surface area contributed by atoms with Crippen molar-refractivity contribution in [2.24, 2.45) is 7.05 Å². The quantitative estimate of drug-likeness (QED) is 0.610. The second-order valence-electron chi connectivity index (χ2n) is 6.67. The van der Waals surface area contributed by atoms with Gasteiger partial charge < -0.3 is 14.6 Å². The molecule has 0 aliphatic heterocycles. The largest absolute Gasteiger partial charge is 0.486 e. The number of carbonyl (C=O) groups excluding carboxylic acids is 1. The molecule has 0 aliphatic carbocycles. The molecule has 28 heavy (non-hydrogen) atoms. The van der Waals surface area contributed by atoms with Crippen molar-refractivity contribution in [3.05, 3.63) is 65.0 Å². The summed E-state index contributed by atoms with van der Waals surface area (Å²) in [5.74, 6) is 1.70. The molecule has 0 radical (unpaired) electrons. The van der Waals surface area contributed by atoms with E-state index in [9.17, 15) is 4.79 Å². The van der Waals surface area contributed by atoms with Crippen LogP contribution in [0.4, 0.5) is 5.69 Å². The minimum Gasteiger partial charge on any atom is -0.486 e. The number of nitrogens with zero attached hydrogens (tertiary/aromatic N) is 3. The van der Waals surface area contributed by atoms with Crippen LogP contribution in [0.15, 0.2) is 47.6 Å². The maximum Gasteiger partial charge on any atom is 0.234 e. The standard InChI is InChI=1S/C21H24N4O2S/c1-14-7-5-10-17(11-14)27-12-18-23-24-21(25(18)4)28-13-19(26)22-20-15(2)8-6-9-16(20)3/h5-11H,12-13H2,1-4H3,(H,22,26). The number of ether oxygens (including phenoxy) is 1. The van der Waals surface area contributed by atoms with Gasteiger partial charge in [-0.3, -0.25) is 4.79 Å². The number of benzene rings is 2. The van der Waals surface area contributed by atoms with Crippen molar-refractivity contribution in [3.8, 4) is 5.75 Å². The highest BCUT2D eigenvalue weighted by atomic mass is 32.2. The van der Waals surface area contributed by atoms with E-state index in [1.807, 2.05) is 74.9 Å². The third-order valence-electron chi connectivity index (χ3n) is 4.36. The number of aromatic nitrogens is 3. The lowest BCUT2D eigenvalue weighted by atomic mass is 10.1. The van der Waals surface area contributed by atoms with Gasteiger partial charge in [0.15, 0.2) is 11.0 Å². The molecule has 146 valence electrons. The first-order valence-electron chi connectivity index (χ1n) is 9.00. The number of carbonyl (C=O) groups is 1. The first kappa shape index (κ1) is 19.9. The summed E-state index contributed by atoms with van der Waals surface area (Å²) in [5, 5.41) is 12.0. The van der Waals surface area contributed by atoms with E-state index in [-0.39, 0.29) is 11.7 Å². The fourth-order valence-electron chi connectivity index (χ4n) is 2.77. The topological polar surface area (TPSA) is 69.0 Å². The van der Waals surface area contributed by atoms with E-state index in [1.165, 1.54) is 11.8 Å². The molecule has 6 nitrogen and oxygen atoms in total. The molecule has 0 atom stereocenters. The third-order valence-corrected chi connectivity index (χ3v) is 5.38. The predicted molar refractivity (Wildman–Crippen MR) is 112 cm³/mol. The Hall–Kier alpha value is -2.80. The highest BCUT2D eigenvalue weighted by Gasteiger charge is 2.13. The normalized spacial score (nSPS) is 10.7. The molecule has 1 heterocycles. The molecule has 0 saturated heterocycles. The van der Waals surface area contributed by atoms with Gasteiger partial charge in [0.2, 0.25) is 5.91 Å². The molecule has 0 spiro atoms. The lowest BCUT2D eigenvalue weighted by Crippen LogP contribution is -2.16. The van der Waals surface area contributed by atoms with Crippen molar-refractivity contribution in [1.29, 1.82) is 0 Å². The summed E-state index contributed by atoms with van der Waals surface area (Å²) >= 11 is 1.35. The predicted octanol–water partition coefficient (Wildman–Crippen LogP) is 4.05. The number of thioether (sulfide) groups is 1. The first-order valence-corrected chi connectivity index (χ1v) is 9.99. The van der Waals surface area contributed by atoms with E-state index in [0.29, 0.717) is 17.6 Å². The van der Waals surface area contributed by atoms with E-state index in [2.05, 4.69) is 15.5 Å². The van der Waals surface area contributed by atoms with Crippen LogP contribution in [0.3, 0.4) is 0 Å². The Morgan fingerprint density at radius 1 is 1.11 bits per heavy atom. The van der Waals surface area contributed by atoms with Crippen LogP contribution < -0.4 is 10.1 Å². The number of amides is 1. The molecule has 7 heteroatoms. The lowest BCUT2D eigenvalue weighted by molar-refractivity contribution is -0.113. The Balaban J connectivity index is 1.56. The number of nitrogens with one attached hydrogen (secondary N) is 1. The van der Waals surface area contributed by atoms with E-state index in [1.54, 1.807) is 0 Å². The zero-order valence-electron chi connectivity index (χ0n) is 16.5. The molecular formula is C21H24N4O2S.